The number of piperidine rings is 1. The topological polar surface area (TPSA) is 78.9 Å². The molecule has 120 valence electrons. The second kappa shape index (κ2) is 7.79. The van der Waals surface area contributed by atoms with E-state index in [1.165, 1.54) is 0 Å². The largest absolute Gasteiger partial charge is 0.492 e. The predicted octanol–water partition coefficient (Wildman–Crippen LogP) is 1.82. The van der Waals surface area contributed by atoms with Crippen molar-refractivity contribution in [2.24, 2.45) is 5.92 Å². The first-order valence-electron chi connectivity index (χ1n) is 7.57. The van der Waals surface area contributed by atoms with Crippen LogP contribution in [0.15, 0.2) is 24.3 Å². The van der Waals surface area contributed by atoms with Crippen LogP contribution in [-0.4, -0.2) is 48.1 Å². The molecule has 1 amide bonds. The highest BCUT2D eigenvalue weighted by molar-refractivity contribution is 5.93. The number of nitrogens with zero attached hydrogens (tertiary/aromatic N) is 1. The summed E-state index contributed by atoms with van der Waals surface area (Å²) in [6.45, 7) is 3.79. The number of carbonyl (C=O) groups is 2. The number of carbonyl (C=O) groups excluding carboxylic acids is 1. The number of ether oxygens (including phenoxy) is 1. The van der Waals surface area contributed by atoms with Crippen LogP contribution in [-0.2, 0) is 9.59 Å². The van der Waals surface area contributed by atoms with E-state index in [1.807, 2.05) is 24.0 Å². The molecule has 1 aliphatic rings. The van der Waals surface area contributed by atoms with E-state index in [0.717, 1.165) is 13.0 Å². The van der Waals surface area contributed by atoms with Crippen LogP contribution in [0.25, 0.3) is 0 Å². The summed E-state index contributed by atoms with van der Waals surface area (Å²) in [5.41, 5.74) is 0.640. The summed E-state index contributed by atoms with van der Waals surface area (Å²) in [6.07, 6.45) is 1.49. The molecule has 1 aromatic carbocycles. The molecule has 0 bridgehead atoms. The zero-order valence-corrected chi connectivity index (χ0v) is 12.7. The van der Waals surface area contributed by atoms with E-state index in [9.17, 15) is 9.59 Å². The summed E-state index contributed by atoms with van der Waals surface area (Å²) in [7, 11) is 0. The van der Waals surface area contributed by atoms with Gasteiger partial charge in [-0.05, 0) is 38.4 Å². The Labute approximate surface area is 130 Å². The van der Waals surface area contributed by atoms with E-state index in [1.54, 1.807) is 12.1 Å². The van der Waals surface area contributed by atoms with Crippen molar-refractivity contribution in [3.63, 3.8) is 0 Å². The third kappa shape index (κ3) is 4.46. The highest BCUT2D eigenvalue weighted by atomic mass is 16.5. The van der Waals surface area contributed by atoms with Gasteiger partial charge in [-0.3, -0.25) is 14.5 Å². The maximum atomic E-state index is 12.2. The molecule has 1 fully saturated rings. The van der Waals surface area contributed by atoms with E-state index >= 15 is 0 Å². The number of rotatable bonds is 6. The molecule has 0 saturated carbocycles. The van der Waals surface area contributed by atoms with Crippen molar-refractivity contribution in [2.75, 3.05) is 31.6 Å². The molecule has 0 radical (unpaired) electrons. The summed E-state index contributed by atoms with van der Waals surface area (Å²) < 4.78 is 5.47. The van der Waals surface area contributed by atoms with Crippen molar-refractivity contribution in [3.8, 4) is 5.75 Å². The average Bonchev–Trinajstić information content (AvgIpc) is 2.49. The minimum atomic E-state index is -0.785. The second-order valence-electron chi connectivity index (χ2n) is 5.39. The number of carboxylic acid groups (broad SMARTS) is 1. The van der Waals surface area contributed by atoms with E-state index < -0.39 is 5.97 Å². The Kier molecular flexibility index (Phi) is 5.77. The van der Waals surface area contributed by atoms with Crippen LogP contribution < -0.4 is 10.1 Å². The van der Waals surface area contributed by atoms with Crippen LogP contribution >= 0.6 is 0 Å². The van der Waals surface area contributed by atoms with Gasteiger partial charge in [0.1, 0.15) is 5.75 Å². The van der Waals surface area contributed by atoms with Crippen molar-refractivity contribution in [3.05, 3.63) is 24.3 Å². The SMILES string of the molecule is CCOc1ccccc1NC(=O)CN1CCCC(C(=O)O)C1. The number of nitrogens with one attached hydrogen (secondary N) is 1. The number of para-hydroxylation sites is 2. The maximum absolute atomic E-state index is 12.2. The number of aliphatic carboxylic acids is 1. The molecule has 0 aromatic heterocycles. The molecule has 1 aliphatic heterocycles. The van der Waals surface area contributed by atoms with Gasteiger partial charge in [-0.1, -0.05) is 12.1 Å². The first-order valence-corrected chi connectivity index (χ1v) is 7.57. The van der Waals surface area contributed by atoms with Gasteiger partial charge in [-0.25, -0.2) is 0 Å². The summed E-state index contributed by atoms with van der Waals surface area (Å²) in [5.74, 6) is -0.678. The second-order valence-corrected chi connectivity index (χ2v) is 5.39. The minimum Gasteiger partial charge on any atom is -0.492 e. The van der Waals surface area contributed by atoms with Crippen LogP contribution in [0, 0.1) is 5.92 Å². The fourth-order valence-corrected chi connectivity index (χ4v) is 2.64. The molecule has 1 unspecified atom stereocenters. The average molecular weight is 306 g/mol. The van der Waals surface area contributed by atoms with Crippen LogP contribution in [0.3, 0.4) is 0 Å². The van der Waals surface area contributed by atoms with Crippen LogP contribution in [0.5, 0.6) is 5.75 Å². The third-order valence-electron chi connectivity index (χ3n) is 3.68. The zero-order valence-electron chi connectivity index (χ0n) is 12.7. The van der Waals surface area contributed by atoms with E-state index in [-0.39, 0.29) is 18.4 Å². The van der Waals surface area contributed by atoms with Gasteiger partial charge in [-0.2, -0.15) is 0 Å². The van der Waals surface area contributed by atoms with Gasteiger partial charge in [-0.15, -0.1) is 0 Å². The Morgan fingerprint density at radius 2 is 2.18 bits per heavy atom. The van der Waals surface area contributed by atoms with Gasteiger partial charge in [0.05, 0.1) is 24.8 Å². The van der Waals surface area contributed by atoms with Crippen LogP contribution in [0.1, 0.15) is 19.8 Å². The monoisotopic (exact) mass is 306 g/mol. The Morgan fingerprint density at radius 3 is 2.91 bits per heavy atom. The molecule has 2 rings (SSSR count). The fourth-order valence-electron chi connectivity index (χ4n) is 2.64. The molecular formula is C16H22N2O4. The molecule has 6 heteroatoms. The lowest BCUT2D eigenvalue weighted by Gasteiger charge is -2.29. The lowest BCUT2D eigenvalue weighted by molar-refractivity contribution is -0.144. The molecule has 1 atom stereocenters. The summed E-state index contributed by atoms with van der Waals surface area (Å²) in [4.78, 5) is 25.1. The first-order chi connectivity index (χ1) is 10.6. The zero-order chi connectivity index (χ0) is 15.9. The van der Waals surface area contributed by atoms with E-state index in [2.05, 4.69) is 5.32 Å². The lowest BCUT2D eigenvalue weighted by atomic mass is 9.98. The van der Waals surface area contributed by atoms with E-state index in [0.29, 0.717) is 31.0 Å². The number of amides is 1. The first kappa shape index (κ1) is 16.3. The molecule has 6 nitrogen and oxygen atoms in total. The van der Waals surface area contributed by atoms with Gasteiger partial charge in [0.25, 0.3) is 0 Å². The molecule has 22 heavy (non-hydrogen) atoms. The summed E-state index contributed by atoms with van der Waals surface area (Å²) in [6, 6.07) is 7.28. The molecular weight excluding hydrogens is 284 g/mol. The molecule has 1 heterocycles. The number of benzene rings is 1. The highest BCUT2D eigenvalue weighted by Gasteiger charge is 2.26. The van der Waals surface area contributed by atoms with Gasteiger partial charge in [0.15, 0.2) is 0 Å². The fraction of sp³-hybridized carbons (Fsp3) is 0.500. The molecule has 1 aromatic rings. The third-order valence-corrected chi connectivity index (χ3v) is 3.68. The smallest absolute Gasteiger partial charge is 0.307 e. The van der Waals surface area contributed by atoms with Gasteiger partial charge in [0.2, 0.25) is 5.91 Å². The van der Waals surface area contributed by atoms with Crippen molar-refractivity contribution in [1.82, 2.24) is 4.90 Å². The molecule has 1 saturated heterocycles. The van der Waals surface area contributed by atoms with Gasteiger partial charge >= 0.3 is 5.97 Å². The van der Waals surface area contributed by atoms with Crippen LogP contribution in [0.2, 0.25) is 0 Å². The van der Waals surface area contributed by atoms with Gasteiger partial charge < -0.3 is 15.2 Å². The minimum absolute atomic E-state index is 0.154. The number of anilines is 1. The number of likely N-dealkylation sites (tertiary alicyclic amines) is 1. The van der Waals surface area contributed by atoms with Crippen molar-refractivity contribution >= 4 is 17.6 Å². The normalized spacial score (nSPS) is 18.7. The lowest BCUT2D eigenvalue weighted by Crippen LogP contribution is -2.42. The predicted molar refractivity (Wildman–Crippen MR) is 83.0 cm³/mol. The molecule has 2 N–H and O–H groups in total. The van der Waals surface area contributed by atoms with Crippen molar-refractivity contribution < 1.29 is 19.4 Å². The molecule has 0 spiro atoms. The summed E-state index contributed by atoms with van der Waals surface area (Å²) >= 11 is 0. The van der Waals surface area contributed by atoms with Crippen LogP contribution in [0.4, 0.5) is 5.69 Å². The Morgan fingerprint density at radius 1 is 1.41 bits per heavy atom. The Hall–Kier alpha value is -2.08. The summed E-state index contributed by atoms with van der Waals surface area (Å²) in [5, 5.41) is 11.9. The number of hydrogen-bond donors (Lipinski definition) is 2. The van der Waals surface area contributed by atoms with Gasteiger partial charge in [0, 0.05) is 6.54 Å². The maximum Gasteiger partial charge on any atom is 0.307 e. The highest BCUT2D eigenvalue weighted by Crippen LogP contribution is 2.24. The van der Waals surface area contributed by atoms with E-state index in [4.69, 9.17) is 9.84 Å². The Bertz CT molecular complexity index is 533. The number of hydrogen-bond acceptors (Lipinski definition) is 4. The van der Waals surface area contributed by atoms with Crippen molar-refractivity contribution in [1.29, 1.82) is 0 Å². The standard InChI is InChI=1S/C16H22N2O4/c1-2-22-14-8-4-3-7-13(14)17-15(19)11-18-9-5-6-12(10-18)16(20)21/h3-4,7-8,12H,2,5-6,9-11H2,1H3,(H,17,19)(H,20,21). The molecule has 0 aliphatic carbocycles. The quantitative estimate of drug-likeness (QED) is 0.838. The Balaban J connectivity index is 1.91. The van der Waals surface area contributed by atoms with Crippen molar-refractivity contribution in [2.45, 2.75) is 19.8 Å². The number of carboxylic acids is 1.